The number of hydrogen-bond donors (Lipinski definition) is 0. The molecule has 0 spiro atoms. The summed E-state index contributed by atoms with van der Waals surface area (Å²) in [5, 5.41) is 0. The van der Waals surface area contributed by atoms with Crippen molar-refractivity contribution in [1.29, 1.82) is 0 Å². The molecule has 17 heavy (non-hydrogen) atoms. The third kappa shape index (κ3) is 1.22. The number of halogens is 4. The molecule has 1 aromatic rings. The summed E-state index contributed by atoms with van der Waals surface area (Å²) < 4.78 is 53.3. The maximum atomic E-state index is 13.6. The van der Waals surface area contributed by atoms with Gasteiger partial charge in [0.05, 0.1) is 0 Å². The molecule has 2 aliphatic rings. The zero-order valence-electron chi connectivity index (χ0n) is 8.70. The van der Waals surface area contributed by atoms with E-state index in [4.69, 9.17) is 0 Å². The Morgan fingerprint density at radius 3 is 2.29 bits per heavy atom. The smallest absolute Gasteiger partial charge is 0.197 e. The fraction of sp³-hybridized carbons (Fsp3) is 0.417. The number of fused-ring (bicyclic) bond motifs is 3. The molecule has 0 amide bonds. The highest BCUT2D eigenvalue weighted by atomic mass is 19.2. The molecule has 2 unspecified atom stereocenters. The minimum Gasteiger partial charge on any atom is -0.299 e. The SMILES string of the molecule is O=C1CCC2Cc3c(F)c(F)c(F)c(F)c3C12. The molecule has 2 aliphatic carbocycles. The van der Waals surface area contributed by atoms with Crippen molar-refractivity contribution in [3.63, 3.8) is 0 Å². The Balaban J connectivity index is 2.28. The zero-order chi connectivity index (χ0) is 12.3. The molecule has 5 heteroatoms. The van der Waals surface area contributed by atoms with Crippen molar-refractivity contribution in [2.45, 2.75) is 25.2 Å². The van der Waals surface area contributed by atoms with Crippen molar-refractivity contribution in [3.05, 3.63) is 34.4 Å². The third-order valence-electron chi connectivity index (χ3n) is 3.76. The maximum absolute atomic E-state index is 13.6. The minimum atomic E-state index is -1.82. The summed E-state index contributed by atoms with van der Waals surface area (Å²) in [6.07, 6.45) is 0.945. The largest absolute Gasteiger partial charge is 0.299 e. The molecule has 1 saturated carbocycles. The highest BCUT2D eigenvalue weighted by Gasteiger charge is 2.46. The van der Waals surface area contributed by atoms with Crippen LogP contribution in [-0.2, 0) is 11.2 Å². The van der Waals surface area contributed by atoms with Gasteiger partial charge in [-0.1, -0.05) is 0 Å². The number of hydrogen-bond acceptors (Lipinski definition) is 1. The van der Waals surface area contributed by atoms with Crippen LogP contribution >= 0.6 is 0 Å². The molecule has 0 radical (unpaired) electrons. The Labute approximate surface area is 94.4 Å². The number of benzene rings is 1. The first-order chi connectivity index (χ1) is 8.02. The zero-order valence-corrected chi connectivity index (χ0v) is 8.70. The molecule has 0 N–H and O–H groups in total. The first-order valence-corrected chi connectivity index (χ1v) is 5.39. The molecule has 0 bridgehead atoms. The predicted octanol–water partition coefficient (Wildman–Crippen LogP) is 2.86. The quantitative estimate of drug-likeness (QED) is 0.389. The fourth-order valence-electron chi connectivity index (χ4n) is 3.01. The van der Waals surface area contributed by atoms with Gasteiger partial charge in [0, 0.05) is 17.9 Å². The van der Waals surface area contributed by atoms with Crippen LogP contribution in [0.15, 0.2) is 0 Å². The molecule has 0 heterocycles. The van der Waals surface area contributed by atoms with Gasteiger partial charge in [-0.2, -0.15) is 0 Å². The predicted molar refractivity (Wildman–Crippen MR) is 50.5 cm³/mol. The van der Waals surface area contributed by atoms with E-state index in [9.17, 15) is 22.4 Å². The van der Waals surface area contributed by atoms with E-state index >= 15 is 0 Å². The third-order valence-corrected chi connectivity index (χ3v) is 3.76. The Hall–Kier alpha value is -1.39. The molecule has 1 fully saturated rings. The standard InChI is InChI=1S/C12H8F4O/c13-9-5-3-4-1-2-6(17)7(4)8(5)10(14)12(16)11(9)15/h4,7H,1-3H2. The molecule has 0 saturated heterocycles. The van der Waals surface area contributed by atoms with Crippen molar-refractivity contribution in [3.8, 4) is 0 Å². The van der Waals surface area contributed by atoms with Gasteiger partial charge in [0.2, 0.25) is 0 Å². The second-order valence-electron chi connectivity index (χ2n) is 4.60. The average molecular weight is 244 g/mol. The number of ketones is 1. The molecule has 90 valence electrons. The van der Waals surface area contributed by atoms with Gasteiger partial charge in [0.15, 0.2) is 23.3 Å². The van der Waals surface area contributed by atoms with Crippen molar-refractivity contribution >= 4 is 5.78 Å². The number of rotatable bonds is 0. The lowest BCUT2D eigenvalue weighted by Crippen LogP contribution is -2.11. The molecule has 0 aliphatic heterocycles. The first kappa shape index (κ1) is 10.7. The van der Waals surface area contributed by atoms with Gasteiger partial charge in [-0.15, -0.1) is 0 Å². The van der Waals surface area contributed by atoms with Crippen molar-refractivity contribution in [2.24, 2.45) is 5.92 Å². The van der Waals surface area contributed by atoms with Crippen LogP contribution in [0, 0.1) is 29.2 Å². The van der Waals surface area contributed by atoms with Gasteiger partial charge in [-0.25, -0.2) is 17.6 Å². The van der Waals surface area contributed by atoms with E-state index in [1.807, 2.05) is 0 Å². The van der Waals surface area contributed by atoms with Crippen LogP contribution in [0.4, 0.5) is 17.6 Å². The monoisotopic (exact) mass is 244 g/mol. The van der Waals surface area contributed by atoms with Crippen molar-refractivity contribution in [2.75, 3.05) is 0 Å². The van der Waals surface area contributed by atoms with E-state index in [1.54, 1.807) is 0 Å². The van der Waals surface area contributed by atoms with E-state index in [-0.39, 0.29) is 29.2 Å². The average Bonchev–Trinajstić information content (AvgIpc) is 2.84. The van der Waals surface area contributed by atoms with Crippen LogP contribution in [0.5, 0.6) is 0 Å². The van der Waals surface area contributed by atoms with E-state index in [0.717, 1.165) is 0 Å². The Morgan fingerprint density at radius 2 is 1.59 bits per heavy atom. The van der Waals surface area contributed by atoms with Gasteiger partial charge >= 0.3 is 0 Å². The van der Waals surface area contributed by atoms with Crippen molar-refractivity contribution < 1.29 is 22.4 Å². The fourth-order valence-corrected chi connectivity index (χ4v) is 3.01. The second kappa shape index (κ2) is 3.31. The Bertz CT molecular complexity index is 538. The number of carbonyl (C=O) groups is 1. The normalized spacial score (nSPS) is 26.2. The van der Waals surface area contributed by atoms with Gasteiger partial charge in [0.25, 0.3) is 0 Å². The molecule has 2 atom stereocenters. The highest BCUT2D eigenvalue weighted by Crippen LogP contribution is 2.48. The lowest BCUT2D eigenvalue weighted by Gasteiger charge is -2.10. The maximum Gasteiger partial charge on any atom is 0.197 e. The summed E-state index contributed by atoms with van der Waals surface area (Å²) in [5.74, 6) is -7.55. The highest BCUT2D eigenvalue weighted by molar-refractivity contribution is 5.89. The molecular formula is C12H8F4O. The lowest BCUT2D eigenvalue weighted by molar-refractivity contribution is -0.118. The summed E-state index contributed by atoms with van der Waals surface area (Å²) in [6.45, 7) is 0. The molecule has 1 nitrogen and oxygen atoms in total. The van der Waals surface area contributed by atoms with Crippen LogP contribution in [-0.4, -0.2) is 5.78 Å². The summed E-state index contributed by atoms with van der Waals surface area (Å²) in [5.41, 5.74) is -0.418. The number of Topliss-reactive ketones (excluding diaryl/α,β-unsaturated/α-hetero) is 1. The second-order valence-corrected chi connectivity index (χ2v) is 4.60. The van der Waals surface area contributed by atoms with Crippen LogP contribution < -0.4 is 0 Å². The molecule has 3 rings (SSSR count). The van der Waals surface area contributed by atoms with Gasteiger partial charge < -0.3 is 0 Å². The summed E-state index contributed by atoms with van der Waals surface area (Å²) >= 11 is 0. The van der Waals surface area contributed by atoms with Gasteiger partial charge in [0.1, 0.15) is 5.78 Å². The summed E-state index contributed by atoms with van der Waals surface area (Å²) in [6, 6.07) is 0. The van der Waals surface area contributed by atoms with Crippen molar-refractivity contribution in [1.82, 2.24) is 0 Å². The van der Waals surface area contributed by atoms with E-state index in [1.165, 1.54) is 0 Å². The Kier molecular flexibility index (Phi) is 2.09. The van der Waals surface area contributed by atoms with Gasteiger partial charge in [-0.05, 0) is 24.3 Å². The van der Waals surface area contributed by atoms with E-state index in [0.29, 0.717) is 12.8 Å². The number of carbonyl (C=O) groups excluding carboxylic acids is 1. The van der Waals surface area contributed by atoms with E-state index < -0.39 is 29.2 Å². The molecule has 0 aromatic heterocycles. The molecular weight excluding hydrogens is 236 g/mol. The van der Waals surface area contributed by atoms with E-state index in [2.05, 4.69) is 0 Å². The Morgan fingerprint density at radius 1 is 0.941 bits per heavy atom. The van der Waals surface area contributed by atoms with Crippen LogP contribution in [0.2, 0.25) is 0 Å². The summed E-state index contributed by atoms with van der Waals surface area (Å²) in [4.78, 5) is 11.6. The minimum absolute atomic E-state index is 0.117. The van der Waals surface area contributed by atoms with Crippen LogP contribution in [0.3, 0.4) is 0 Å². The van der Waals surface area contributed by atoms with Crippen LogP contribution in [0.1, 0.15) is 29.9 Å². The topological polar surface area (TPSA) is 17.1 Å². The van der Waals surface area contributed by atoms with Gasteiger partial charge in [-0.3, -0.25) is 4.79 Å². The molecule has 1 aromatic carbocycles. The first-order valence-electron chi connectivity index (χ1n) is 5.39. The van der Waals surface area contributed by atoms with Crippen LogP contribution in [0.25, 0.3) is 0 Å². The lowest BCUT2D eigenvalue weighted by atomic mass is 9.95. The summed E-state index contributed by atoms with van der Waals surface area (Å²) in [7, 11) is 0.